The van der Waals surface area contributed by atoms with Gasteiger partial charge >= 0.3 is 0 Å². The molecule has 1 aliphatic heterocycles. The Kier molecular flexibility index (Phi) is 4.94. The Morgan fingerprint density at radius 3 is 2.82 bits per heavy atom. The number of amides is 1. The lowest BCUT2D eigenvalue weighted by Crippen LogP contribution is -2.33. The number of ether oxygens (including phenoxy) is 1. The van der Waals surface area contributed by atoms with Crippen LogP contribution in [0.3, 0.4) is 0 Å². The van der Waals surface area contributed by atoms with Gasteiger partial charge in [-0.2, -0.15) is 0 Å². The van der Waals surface area contributed by atoms with Crippen molar-refractivity contribution in [3.63, 3.8) is 0 Å². The second kappa shape index (κ2) is 7.54. The van der Waals surface area contributed by atoms with Crippen LogP contribution in [0.25, 0.3) is 11.0 Å². The number of hydrogen-bond acceptors (Lipinski definition) is 4. The number of aromatic nitrogens is 2. The van der Waals surface area contributed by atoms with Crippen LogP contribution in [0, 0.1) is 5.92 Å². The van der Waals surface area contributed by atoms with Crippen molar-refractivity contribution in [3.05, 3.63) is 48.3 Å². The minimum Gasteiger partial charge on any atom is -0.494 e. The highest BCUT2D eigenvalue weighted by Gasteiger charge is 2.21. The summed E-state index contributed by atoms with van der Waals surface area (Å²) in [5.41, 5.74) is 4.01. The van der Waals surface area contributed by atoms with Crippen molar-refractivity contribution < 1.29 is 9.53 Å². The van der Waals surface area contributed by atoms with E-state index in [2.05, 4.69) is 33.0 Å². The summed E-state index contributed by atoms with van der Waals surface area (Å²) >= 11 is 0. The van der Waals surface area contributed by atoms with Gasteiger partial charge in [0.2, 0.25) is 5.91 Å². The highest BCUT2D eigenvalue weighted by atomic mass is 16.5. The molecule has 3 aromatic rings. The van der Waals surface area contributed by atoms with E-state index >= 15 is 0 Å². The average Bonchev–Trinajstić information content (AvgIpc) is 3.05. The van der Waals surface area contributed by atoms with Crippen molar-refractivity contribution in [1.29, 1.82) is 0 Å². The van der Waals surface area contributed by atoms with Crippen molar-refractivity contribution in [1.82, 2.24) is 9.55 Å². The van der Waals surface area contributed by atoms with E-state index < -0.39 is 0 Å². The lowest BCUT2D eigenvalue weighted by molar-refractivity contribution is -0.116. The van der Waals surface area contributed by atoms with Crippen LogP contribution >= 0.6 is 0 Å². The number of hydrogen-bond donors (Lipinski definition) is 1. The maximum absolute atomic E-state index is 12.1. The molecule has 0 saturated heterocycles. The monoisotopic (exact) mass is 378 g/mol. The smallest absolute Gasteiger partial charge is 0.224 e. The summed E-state index contributed by atoms with van der Waals surface area (Å²) in [4.78, 5) is 19.2. The van der Waals surface area contributed by atoms with E-state index in [4.69, 9.17) is 9.72 Å². The molecule has 1 aromatic heterocycles. The molecule has 1 aliphatic rings. The third kappa shape index (κ3) is 3.54. The number of nitrogens with zero attached hydrogens (tertiary/aromatic N) is 3. The maximum atomic E-state index is 12.1. The molecule has 2 heterocycles. The van der Waals surface area contributed by atoms with Gasteiger partial charge in [-0.25, -0.2) is 4.98 Å². The standard InChI is InChI=1S/C22H26N4O2/c1-15(2)12-22(27)24-18-9-8-16(13-20(18)28-3)25-10-11-26-19-7-5-4-6-17(19)23-21(26)14-25/h4-9,13,15H,10-12,14H2,1-3H3,(H,24,27). The molecule has 1 amide bonds. The largest absolute Gasteiger partial charge is 0.494 e. The first kappa shape index (κ1) is 18.3. The quantitative estimate of drug-likeness (QED) is 0.728. The number of carbonyl (C=O) groups excluding carboxylic acids is 1. The zero-order chi connectivity index (χ0) is 19.7. The van der Waals surface area contributed by atoms with Gasteiger partial charge < -0.3 is 19.5 Å². The predicted octanol–water partition coefficient (Wildman–Crippen LogP) is 4.05. The van der Waals surface area contributed by atoms with Crippen molar-refractivity contribution in [2.75, 3.05) is 23.9 Å². The van der Waals surface area contributed by atoms with Gasteiger partial charge in [-0.1, -0.05) is 26.0 Å². The van der Waals surface area contributed by atoms with Crippen LogP contribution in [0.2, 0.25) is 0 Å². The molecule has 0 unspecified atom stereocenters. The fourth-order valence-electron chi connectivity index (χ4n) is 3.74. The first-order valence-electron chi connectivity index (χ1n) is 9.72. The molecular formula is C22H26N4O2. The predicted molar refractivity (Wildman–Crippen MR) is 112 cm³/mol. The molecule has 1 N–H and O–H groups in total. The number of imidazole rings is 1. The van der Waals surface area contributed by atoms with Crippen molar-refractivity contribution in [2.45, 2.75) is 33.4 Å². The van der Waals surface area contributed by atoms with E-state index in [-0.39, 0.29) is 5.91 Å². The molecule has 0 atom stereocenters. The van der Waals surface area contributed by atoms with Crippen LogP contribution in [-0.4, -0.2) is 29.1 Å². The van der Waals surface area contributed by atoms with E-state index in [0.717, 1.165) is 36.7 Å². The summed E-state index contributed by atoms with van der Waals surface area (Å²) in [5, 5.41) is 2.96. The molecule has 0 bridgehead atoms. The number of nitrogens with one attached hydrogen (secondary N) is 1. The molecule has 146 valence electrons. The molecule has 4 rings (SSSR count). The number of anilines is 2. The first-order chi connectivity index (χ1) is 13.5. The molecule has 6 nitrogen and oxygen atoms in total. The Labute approximate surface area is 165 Å². The molecule has 0 aliphatic carbocycles. The second-order valence-electron chi connectivity index (χ2n) is 7.62. The SMILES string of the molecule is COc1cc(N2CCn3c(nc4ccccc43)C2)ccc1NC(=O)CC(C)C. The van der Waals surface area contributed by atoms with Crippen LogP contribution < -0.4 is 15.0 Å². The summed E-state index contributed by atoms with van der Waals surface area (Å²) in [7, 11) is 1.63. The number of rotatable bonds is 5. The van der Waals surface area contributed by atoms with Crippen LogP contribution in [-0.2, 0) is 17.9 Å². The molecule has 0 saturated carbocycles. The van der Waals surface area contributed by atoms with Gasteiger partial charge in [0, 0.05) is 31.3 Å². The Bertz CT molecular complexity index is 1010. The summed E-state index contributed by atoms with van der Waals surface area (Å²) < 4.78 is 7.83. The molecule has 2 aromatic carbocycles. The van der Waals surface area contributed by atoms with Gasteiger partial charge in [-0.05, 0) is 30.2 Å². The molecule has 0 fully saturated rings. The van der Waals surface area contributed by atoms with Crippen molar-refractivity contribution in [2.24, 2.45) is 5.92 Å². The lowest BCUT2D eigenvalue weighted by atomic mass is 10.1. The van der Waals surface area contributed by atoms with Gasteiger partial charge in [-0.15, -0.1) is 0 Å². The maximum Gasteiger partial charge on any atom is 0.224 e. The minimum atomic E-state index is 0.00717. The van der Waals surface area contributed by atoms with Crippen LogP contribution in [0.4, 0.5) is 11.4 Å². The fourth-order valence-corrected chi connectivity index (χ4v) is 3.74. The Morgan fingerprint density at radius 2 is 2.04 bits per heavy atom. The number of fused-ring (bicyclic) bond motifs is 3. The summed E-state index contributed by atoms with van der Waals surface area (Å²) in [6.45, 7) is 6.60. The topological polar surface area (TPSA) is 59.4 Å². The normalized spacial score (nSPS) is 13.6. The van der Waals surface area contributed by atoms with Gasteiger partial charge in [0.05, 0.1) is 30.4 Å². The first-order valence-corrected chi connectivity index (χ1v) is 9.72. The van der Waals surface area contributed by atoms with Crippen LogP contribution in [0.1, 0.15) is 26.1 Å². The highest BCUT2D eigenvalue weighted by Crippen LogP contribution is 2.32. The van der Waals surface area contributed by atoms with Gasteiger partial charge in [0.15, 0.2) is 0 Å². The zero-order valence-electron chi connectivity index (χ0n) is 16.6. The summed E-state index contributed by atoms with van der Waals surface area (Å²) in [6, 6.07) is 14.2. The second-order valence-corrected chi connectivity index (χ2v) is 7.62. The van der Waals surface area contributed by atoms with Gasteiger partial charge in [0.1, 0.15) is 11.6 Å². The third-order valence-corrected chi connectivity index (χ3v) is 5.08. The highest BCUT2D eigenvalue weighted by molar-refractivity contribution is 5.92. The Morgan fingerprint density at radius 1 is 1.21 bits per heavy atom. The van der Waals surface area contributed by atoms with Crippen molar-refractivity contribution >= 4 is 28.3 Å². The Balaban J connectivity index is 1.55. The van der Waals surface area contributed by atoms with E-state index in [9.17, 15) is 4.79 Å². The van der Waals surface area contributed by atoms with Crippen LogP contribution in [0.5, 0.6) is 5.75 Å². The average molecular weight is 378 g/mol. The van der Waals surface area contributed by atoms with E-state index in [0.29, 0.717) is 23.8 Å². The summed E-state index contributed by atoms with van der Waals surface area (Å²) in [6.07, 6.45) is 0.493. The number of methoxy groups -OCH3 is 1. The number of carbonyl (C=O) groups is 1. The van der Waals surface area contributed by atoms with Gasteiger partial charge in [-0.3, -0.25) is 4.79 Å². The third-order valence-electron chi connectivity index (χ3n) is 5.08. The van der Waals surface area contributed by atoms with E-state index in [1.807, 2.05) is 38.1 Å². The minimum absolute atomic E-state index is 0.00717. The molecule has 6 heteroatoms. The Hall–Kier alpha value is -3.02. The molecule has 0 radical (unpaired) electrons. The molecular weight excluding hydrogens is 352 g/mol. The van der Waals surface area contributed by atoms with E-state index in [1.54, 1.807) is 7.11 Å². The van der Waals surface area contributed by atoms with E-state index in [1.165, 1.54) is 5.52 Å². The lowest BCUT2D eigenvalue weighted by Gasteiger charge is -2.30. The van der Waals surface area contributed by atoms with Gasteiger partial charge in [0.25, 0.3) is 0 Å². The number of benzene rings is 2. The molecule has 28 heavy (non-hydrogen) atoms. The molecule has 0 spiro atoms. The summed E-state index contributed by atoms with van der Waals surface area (Å²) in [5.74, 6) is 2.07. The fraction of sp³-hybridized carbons (Fsp3) is 0.364. The van der Waals surface area contributed by atoms with Crippen molar-refractivity contribution in [3.8, 4) is 5.75 Å². The zero-order valence-corrected chi connectivity index (χ0v) is 16.6. The number of para-hydroxylation sites is 2. The van der Waals surface area contributed by atoms with Crippen LogP contribution in [0.15, 0.2) is 42.5 Å².